The van der Waals surface area contributed by atoms with Gasteiger partial charge < -0.3 is 20.6 Å². The largest absolute Gasteiger partial charge is 0.393 e. The van der Waals surface area contributed by atoms with Gasteiger partial charge in [-0.25, -0.2) is 0 Å². The molecular weight excluding hydrogens is 252 g/mol. The Labute approximate surface area is 122 Å². The summed E-state index contributed by atoms with van der Waals surface area (Å²) in [5.74, 6) is 1.46. The second kappa shape index (κ2) is 7.84. The minimum atomic E-state index is -0.0824. The summed E-state index contributed by atoms with van der Waals surface area (Å²) in [4.78, 5) is 9.17. The van der Waals surface area contributed by atoms with Crippen molar-refractivity contribution in [3.63, 3.8) is 0 Å². The van der Waals surface area contributed by atoms with E-state index in [9.17, 15) is 5.11 Å². The summed E-state index contributed by atoms with van der Waals surface area (Å²) in [5.41, 5.74) is 6.08. The van der Waals surface area contributed by atoms with Gasteiger partial charge in [-0.3, -0.25) is 4.99 Å². The normalized spacial score (nSPS) is 27.0. The van der Waals surface area contributed by atoms with Gasteiger partial charge in [0.1, 0.15) is 0 Å². The molecule has 0 aromatic rings. The maximum atomic E-state index is 9.47. The number of piperidine rings is 2. The lowest BCUT2D eigenvalue weighted by Gasteiger charge is -2.31. The summed E-state index contributed by atoms with van der Waals surface area (Å²) in [6.07, 6.45) is 5.34. The molecule has 2 aliphatic heterocycles. The Bertz CT molecular complexity index is 313. The maximum Gasteiger partial charge on any atom is 0.191 e. The molecule has 2 rings (SSSR count). The van der Waals surface area contributed by atoms with E-state index in [-0.39, 0.29) is 6.10 Å². The van der Waals surface area contributed by atoms with Crippen molar-refractivity contribution in [1.29, 1.82) is 0 Å². The van der Waals surface area contributed by atoms with E-state index >= 15 is 0 Å². The highest BCUT2D eigenvalue weighted by Gasteiger charge is 2.18. The van der Waals surface area contributed by atoms with Crippen LogP contribution in [-0.2, 0) is 0 Å². The summed E-state index contributed by atoms with van der Waals surface area (Å²) in [6.45, 7) is 8.32. The van der Waals surface area contributed by atoms with E-state index in [4.69, 9.17) is 5.73 Å². The number of aliphatic hydroxyl groups is 1. The average Bonchev–Trinajstić information content (AvgIpc) is 2.45. The molecule has 20 heavy (non-hydrogen) atoms. The Morgan fingerprint density at radius 2 is 2.00 bits per heavy atom. The summed E-state index contributed by atoms with van der Waals surface area (Å²) >= 11 is 0. The highest BCUT2D eigenvalue weighted by molar-refractivity contribution is 5.78. The quantitative estimate of drug-likeness (QED) is 0.456. The van der Waals surface area contributed by atoms with E-state index in [0.717, 1.165) is 70.4 Å². The van der Waals surface area contributed by atoms with Crippen LogP contribution in [0.15, 0.2) is 4.99 Å². The van der Waals surface area contributed by atoms with Crippen LogP contribution in [0.1, 0.15) is 39.0 Å². The molecule has 0 aromatic heterocycles. The van der Waals surface area contributed by atoms with Crippen molar-refractivity contribution in [3.8, 4) is 0 Å². The van der Waals surface area contributed by atoms with Crippen molar-refractivity contribution in [2.75, 3.05) is 39.3 Å². The monoisotopic (exact) mass is 282 g/mol. The predicted molar refractivity (Wildman–Crippen MR) is 82.8 cm³/mol. The Balaban J connectivity index is 1.62. The molecule has 5 nitrogen and oxygen atoms in total. The molecule has 0 aliphatic carbocycles. The number of nitrogens with zero attached hydrogens (tertiary/aromatic N) is 3. The van der Waals surface area contributed by atoms with Crippen molar-refractivity contribution < 1.29 is 5.11 Å². The maximum absolute atomic E-state index is 9.47. The van der Waals surface area contributed by atoms with Crippen molar-refractivity contribution >= 4 is 5.96 Å². The lowest BCUT2D eigenvalue weighted by atomic mass is 10.0. The molecule has 2 saturated heterocycles. The number of nitrogens with two attached hydrogens (primary N) is 1. The molecule has 116 valence electrons. The van der Waals surface area contributed by atoms with Gasteiger partial charge in [-0.15, -0.1) is 0 Å². The molecule has 2 heterocycles. The number of likely N-dealkylation sites (tertiary alicyclic amines) is 2. The molecule has 0 aromatic carbocycles. The molecule has 0 radical (unpaired) electrons. The first-order valence-electron chi connectivity index (χ1n) is 8.10. The Kier molecular flexibility index (Phi) is 6.10. The van der Waals surface area contributed by atoms with E-state index < -0.39 is 0 Å². The fourth-order valence-corrected chi connectivity index (χ4v) is 3.13. The van der Waals surface area contributed by atoms with Gasteiger partial charge in [0.2, 0.25) is 0 Å². The number of hydrogen-bond donors (Lipinski definition) is 2. The van der Waals surface area contributed by atoms with Crippen LogP contribution >= 0.6 is 0 Å². The van der Waals surface area contributed by atoms with Crippen LogP contribution in [-0.4, -0.2) is 66.2 Å². The van der Waals surface area contributed by atoms with E-state index in [1.807, 2.05) is 0 Å². The van der Waals surface area contributed by atoms with Gasteiger partial charge in [-0.2, -0.15) is 0 Å². The Hall–Kier alpha value is -0.810. The zero-order chi connectivity index (χ0) is 14.4. The van der Waals surface area contributed by atoms with Crippen LogP contribution in [0, 0.1) is 5.92 Å². The lowest BCUT2D eigenvalue weighted by Crippen LogP contribution is -2.43. The van der Waals surface area contributed by atoms with Crippen LogP contribution in [0.3, 0.4) is 0 Å². The minimum absolute atomic E-state index is 0.0824. The van der Waals surface area contributed by atoms with Crippen molar-refractivity contribution in [1.82, 2.24) is 9.80 Å². The summed E-state index contributed by atoms with van der Waals surface area (Å²) < 4.78 is 0. The summed E-state index contributed by atoms with van der Waals surface area (Å²) in [6, 6.07) is 0. The number of guanidine groups is 1. The zero-order valence-electron chi connectivity index (χ0n) is 12.8. The first-order valence-corrected chi connectivity index (χ1v) is 8.10. The van der Waals surface area contributed by atoms with Crippen LogP contribution < -0.4 is 5.73 Å². The van der Waals surface area contributed by atoms with Gasteiger partial charge >= 0.3 is 0 Å². The number of aliphatic hydroxyl groups excluding tert-OH is 1. The number of rotatable bonds is 4. The van der Waals surface area contributed by atoms with Crippen molar-refractivity contribution in [2.24, 2.45) is 16.6 Å². The van der Waals surface area contributed by atoms with Gasteiger partial charge in [0.15, 0.2) is 5.96 Å². The third-order valence-electron chi connectivity index (χ3n) is 4.44. The molecule has 0 saturated carbocycles. The summed E-state index contributed by atoms with van der Waals surface area (Å²) in [5, 5.41) is 9.47. The smallest absolute Gasteiger partial charge is 0.191 e. The molecule has 0 bridgehead atoms. The molecule has 3 N–H and O–H groups in total. The van der Waals surface area contributed by atoms with Gasteiger partial charge in [0.25, 0.3) is 0 Å². The third kappa shape index (κ3) is 4.94. The number of aliphatic imine (C=N–C) groups is 1. The SMILES string of the molecule is CC1CCCN(C(N)=NCCCN2CCC(O)CC2)C1. The first-order chi connectivity index (χ1) is 9.65. The second-order valence-corrected chi connectivity index (χ2v) is 6.36. The van der Waals surface area contributed by atoms with Crippen LogP contribution in [0.4, 0.5) is 0 Å². The third-order valence-corrected chi connectivity index (χ3v) is 4.44. The van der Waals surface area contributed by atoms with Crippen molar-refractivity contribution in [3.05, 3.63) is 0 Å². The predicted octanol–water partition coefficient (Wildman–Crippen LogP) is 0.880. The van der Waals surface area contributed by atoms with Gasteiger partial charge in [0.05, 0.1) is 6.10 Å². The van der Waals surface area contributed by atoms with Gasteiger partial charge in [0, 0.05) is 32.7 Å². The molecule has 2 aliphatic rings. The molecule has 2 fully saturated rings. The number of hydrogen-bond acceptors (Lipinski definition) is 3. The van der Waals surface area contributed by atoms with Crippen LogP contribution in [0.2, 0.25) is 0 Å². The topological polar surface area (TPSA) is 65.1 Å². The molecule has 0 spiro atoms. The first kappa shape index (κ1) is 15.6. The van der Waals surface area contributed by atoms with E-state index in [0.29, 0.717) is 0 Å². The van der Waals surface area contributed by atoms with Crippen LogP contribution in [0.25, 0.3) is 0 Å². The summed E-state index contributed by atoms with van der Waals surface area (Å²) in [7, 11) is 0. The highest BCUT2D eigenvalue weighted by atomic mass is 16.3. The fourth-order valence-electron chi connectivity index (χ4n) is 3.13. The van der Waals surface area contributed by atoms with Crippen molar-refractivity contribution in [2.45, 2.75) is 45.1 Å². The molecule has 5 heteroatoms. The van der Waals surface area contributed by atoms with E-state index in [2.05, 4.69) is 21.7 Å². The zero-order valence-corrected chi connectivity index (χ0v) is 12.8. The van der Waals surface area contributed by atoms with E-state index in [1.165, 1.54) is 12.8 Å². The fraction of sp³-hybridized carbons (Fsp3) is 0.933. The Morgan fingerprint density at radius 1 is 1.25 bits per heavy atom. The van der Waals surface area contributed by atoms with Crippen LogP contribution in [0.5, 0.6) is 0 Å². The lowest BCUT2D eigenvalue weighted by molar-refractivity contribution is 0.0824. The van der Waals surface area contributed by atoms with Gasteiger partial charge in [-0.05, 0) is 44.6 Å². The second-order valence-electron chi connectivity index (χ2n) is 6.36. The highest BCUT2D eigenvalue weighted by Crippen LogP contribution is 2.15. The molecule has 0 amide bonds. The van der Waals surface area contributed by atoms with E-state index in [1.54, 1.807) is 0 Å². The molecule has 1 unspecified atom stereocenters. The van der Waals surface area contributed by atoms with Gasteiger partial charge in [-0.1, -0.05) is 6.92 Å². The average molecular weight is 282 g/mol. The standard InChI is InChI=1S/C15H30N4O/c1-13-4-2-9-19(12-13)15(16)17-7-3-8-18-10-5-14(20)6-11-18/h13-14,20H,2-12H2,1H3,(H2,16,17). The Morgan fingerprint density at radius 3 is 2.70 bits per heavy atom. The minimum Gasteiger partial charge on any atom is -0.393 e. The molecular formula is C15H30N4O. The molecule has 1 atom stereocenters.